The number of aromatic nitrogens is 1. The molecular weight excluding hydrogens is 322 g/mol. The number of nitrogens with one attached hydrogen (secondary N) is 1. The quantitative estimate of drug-likeness (QED) is 0.925. The van der Waals surface area contributed by atoms with E-state index in [4.69, 9.17) is 4.74 Å². The minimum atomic E-state index is 0.0197. The second-order valence-electron chi connectivity index (χ2n) is 6.28. The molecule has 0 saturated carbocycles. The Labute approximate surface area is 146 Å². The predicted molar refractivity (Wildman–Crippen MR) is 96.7 cm³/mol. The van der Waals surface area contributed by atoms with Gasteiger partial charge in [-0.1, -0.05) is 0 Å². The fourth-order valence-electron chi connectivity index (χ4n) is 2.74. The molecule has 1 aliphatic heterocycles. The Balaban J connectivity index is 1.74. The van der Waals surface area contributed by atoms with Crippen LogP contribution in [0.3, 0.4) is 0 Å². The topological polar surface area (TPSA) is 54.5 Å². The molecule has 0 bridgehead atoms. The summed E-state index contributed by atoms with van der Waals surface area (Å²) in [5.74, 6) is 0.863. The molecule has 2 heterocycles. The maximum Gasteiger partial charge on any atom is 0.273 e. The van der Waals surface area contributed by atoms with Crippen LogP contribution in [0.4, 0.5) is 0 Å². The zero-order valence-electron chi connectivity index (χ0n) is 14.3. The summed E-state index contributed by atoms with van der Waals surface area (Å²) in [5, 5.41) is 6.01. The summed E-state index contributed by atoms with van der Waals surface area (Å²) in [6.07, 6.45) is 0.154. The maximum atomic E-state index is 12.7. The average Bonchev–Trinajstić information content (AvgIpc) is 3.05. The van der Waals surface area contributed by atoms with E-state index in [2.05, 4.69) is 17.2 Å². The highest BCUT2D eigenvalue weighted by Gasteiger charge is 2.25. The Morgan fingerprint density at radius 1 is 1.38 bits per heavy atom. The molecule has 5 nitrogen and oxygen atoms in total. The van der Waals surface area contributed by atoms with Crippen molar-refractivity contribution in [2.24, 2.45) is 0 Å². The number of piperazine rings is 1. The van der Waals surface area contributed by atoms with Gasteiger partial charge in [0.25, 0.3) is 5.91 Å². The first-order valence-electron chi connectivity index (χ1n) is 8.29. The van der Waals surface area contributed by atoms with Crippen molar-refractivity contribution in [2.45, 2.75) is 32.9 Å². The molecule has 0 unspecified atom stereocenters. The lowest BCUT2D eigenvalue weighted by atomic mass is 10.2. The van der Waals surface area contributed by atoms with Gasteiger partial charge < -0.3 is 15.0 Å². The number of carbonyl (C=O) groups is 1. The molecule has 1 aromatic heterocycles. The zero-order chi connectivity index (χ0) is 17.1. The fourth-order valence-corrected chi connectivity index (χ4v) is 3.54. The molecule has 0 aliphatic carbocycles. The molecule has 0 radical (unpaired) electrons. The summed E-state index contributed by atoms with van der Waals surface area (Å²) in [7, 11) is 0. The molecule has 2 aromatic rings. The number of carbonyl (C=O) groups excluding carboxylic acids is 1. The molecular formula is C18H23N3O2S. The minimum absolute atomic E-state index is 0.0197. The van der Waals surface area contributed by atoms with Crippen molar-refractivity contribution in [3.8, 4) is 16.3 Å². The van der Waals surface area contributed by atoms with Gasteiger partial charge in [0.05, 0.1) is 6.10 Å². The van der Waals surface area contributed by atoms with Crippen molar-refractivity contribution in [1.29, 1.82) is 0 Å². The third-order valence-corrected chi connectivity index (χ3v) is 4.85. The van der Waals surface area contributed by atoms with Crippen molar-refractivity contribution in [3.05, 3.63) is 35.3 Å². The lowest BCUT2D eigenvalue weighted by molar-refractivity contribution is 0.0650. The third kappa shape index (κ3) is 3.76. The standard InChI is InChI=1S/C18H23N3O2S/c1-12(2)23-15-6-4-14(5-7-15)17-20-16(11-24-17)18(22)21-9-8-19-10-13(21)3/h4-7,11-13,19H,8-10H2,1-3H3/t13-/m1/s1. The Morgan fingerprint density at radius 2 is 2.12 bits per heavy atom. The van der Waals surface area contributed by atoms with Gasteiger partial charge >= 0.3 is 0 Å². The Hall–Kier alpha value is -1.92. The van der Waals surface area contributed by atoms with Crippen LogP contribution in [0, 0.1) is 0 Å². The molecule has 3 rings (SSSR count). The lowest BCUT2D eigenvalue weighted by Crippen LogP contribution is -2.52. The smallest absolute Gasteiger partial charge is 0.273 e. The van der Waals surface area contributed by atoms with Gasteiger partial charge in [0, 0.05) is 36.6 Å². The van der Waals surface area contributed by atoms with Crippen LogP contribution in [0.1, 0.15) is 31.3 Å². The summed E-state index contributed by atoms with van der Waals surface area (Å²) < 4.78 is 5.66. The van der Waals surface area contributed by atoms with Crippen molar-refractivity contribution in [3.63, 3.8) is 0 Å². The number of thiazole rings is 1. The summed E-state index contributed by atoms with van der Waals surface area (Å²) in [6, 6.07) is 8.05. The van der Waals surface area contributed by atoms with E-state index in [1.54, 1.807) is 0 Å². The van der Waals surface area contributed by atoms with E-state index in [9.17, 15) is 4.79 Å². The van der Waals surface area contributed by atoms with E-state index in [0.29, 0.717) is 5.69 Å². The van der Waals surface area contributed by atoms with Crippen molar-refractivity contribution >= 4 is 17.2 Å². The van der Waals surface area contributed by atoms with Crippen LogP contribution in [-0.4, -0.2) is 47.6 Å². The molecule has 128 valence electrons. The first-order valence-corrected chi connectivity index (χ1v) is 9.17. The van der Waals surface area contributed by atoms with Crippen LogP contribution in [-0.2, 0) is 0 Å². The zero-order valence-corrected chi connectivity index (χ0v) is 15.1. The van der Waals surface area contributed by atoms with Gasteiger partial charge in [0.15, 0.2) is 0 Å². The van der Waals surface area contributed by atoms with Gasteiger partial charge in [-0.05, 0) is 45.0 Å². The van der Waals surface area contributed by atoms with E-state index >= 15 is 0 Å². The molecule has 1 aliphatic rings. The molecule has 6 heteroatoms. The highest BCUT2D eigenvalue weighted by atomic mass is 32.1. The van der Waals surface area contributed by atoms with E-state index in [1.807, 2.05) is 48.4 Å². The van der Waals surface area contributed by atoms with E-state index < -0.39 is 0 Å². The number of rotatable bonds is 4. The van der Waals surface area contributed by atoms with Gasteiger partial charge in [-0.3, -0.25) is 4.79 Å². The maximum absolute atomic E-state index is 12.7. The summed E-state index contributed by atoms with van der Waals surface area (Å²) >= 11 is 1.50. The summed E-state index contributed by atoms with van der Waals surface area (Å²) in [6.45, 7) is 8.47. The average molecular weight is 345 g/mol. The lowest BCUT2D eigenvalue weighted by Gasteiger charge is -2.33. The number of hydrogen-bond donors (Lipinski definition) is 1. The van der Waals surface area contributed by atoms with Gasteiger partial charge in [0.2, 0.25) is 0 Å². The van der Waals surface area contributed by atoms with Crippen LogP contribution >= 0.6 is 11.3 Å². The van der Waals surface area contributed by atoms with Gasteiger partial charge in [-0.2, -0.15) is 0 Å². The second-order valence-corrected chi connectivity index (χ2v) is 7.14. The monoisotopic (exact) mass is 345 g/mol. The third-order valence-electron chi connectivity index (χ3n) is 3.96. The molecule has 1 aromatic carbocycles. The van der Waals surface area contributed by atoms with Gasteiger partial charge in [-0.15, -0.1) is 11.3 Å². The van der Waals surface area contributed by atoms with E-state index in [1.165, 1.54) is 11.3 Å². The SMILES string of the molecule is CC(C)Oc1ccc(-c2nc(C(=O)N3CCNC[C@H]3C)cs2)cc1. The summed E-state index contributed by atoms with van der Waals surface area (Å²) in [5.41, 5.74) is 1.54. The predicted octanol–water partition coefficient (Wildman–Crippen LogP) is 3.03. The first kappa shape index (κ1) is 16.9. The molecule has 1 atom stereocenters. The van der Waals surface area contributed by atoms with Crippen molar-refractivity contribution in [1.82, 2.24) is 15.2 Å². The van der Waals surface area contributed by atoms with Crippen molar-refractivity contribution < 1.29 is 9.53 Å². The molecule has 0 spiro atoms. The van der Waals surface area contributed by atoms with Gasteiger partial charge in [0.1, 0.15) is 16.5 Å². The number of amides is 1. The van der Waals surface area contributed by atoms with Crippen molar-refractivity contribution in [2.75, 3.05) is 19.6 Å². The molecule has 1 saturated heterocycles. The van der Waals surface area contributed by atoms with Crippen LogP contribution in [0.25, 0.3) is 10.6 Å². The highest BCUT2D eigenvalue weighted by Crippen LogP contribution is 2.27. The molecule has 1 N–H and O–H groups in total. The second kappa shape index (κ2) is 7.32. The number of nitrogens with zero attached hydrogens (tertiary/aromatic N) is 2. The largest absolute Gasteiger partial charge is 0.491 e. The number of hydrogen-bond acceptors (Lipinski definition) is 5. The number of benzene rings is 1. The van der Waals surface area contributed by atoms with Crippen LogP contribution in [0.5, 0.6) is 5.75 Å². The highest BCUT2D eigenvalue weighted by molar-refractivity contribution is 7.13. The Bertz CT molecular complexity index is 697. The molecule has 1 fully saturated rings. The fraction of sp³-hybridized carbons (Fsp3) is 0.444. The number of ether oxygens (including phenoxy) is 1. The molecule has 24 heavy (non-hydrogen) atoms. The first-order chi connectivity index (χ1) is 11.5. The summed E-state index contributed by atoms with van der Waals surface area (Å²) in [4.78, 5) is 19.1. The van der Waals surface area contributed by atoms with E-state index in [-0.39, 0.29) is 18.1 Å². The van der Waals surface area contributed by atoms with E-state index in [0.717, 1.165) is 36.0 Å². The Morgan fingerprint density at radius 3 is 2.79 bits per heavy atom. The van der Waals surface area contributed by atoms with Crippen LogP contribution in [0.15, 0.2) is 29.6 Å². The minimum Gasteiger partial charge on any atom is -0.491 e. The molecule has 1 amide bonds. The normalized spacial score (nSPS) is 18.0. The Kier molecular flexibility index (Phi) is 5.16. The van der Waals surface area contributed by atoms with Crippen LogP contribution in [0.2, 0.25) is 0 Å². The van der Waals surface area contributed by atoms with Gasteiger partial charge in [-0.25, -0.2) is 4.98 Å². The van der Waals surface area contributed by atoms with Crippen LogP contribution < -0.4 is 10.1 Å².